The molecule has 1 aliphatic heterocycles. The van der Waals surface area contributed by atoms with Gasteiger partial charge in [0.25, 0.3) is 5.84 Å². The van der Waals surface area contributed by atoms with Crippen molar-refractivity contribution >= 4 is 44.7 Å². The van der Waals surface area contributed by atoms with Crippen LogP contribution < -0.4 is 4.90 Å². The van der Waals surface area contributed by atoms with Gasteiger partial charge in [-0.25, -0.2) is 4.58 Å². The van der Waals surface area contributed by atoms with Crippen LogP contribution >= 0.6 is 0 Å². The van der Waals surface area contributed by atoms with E-state index in [0.29, 0.717) is 0 Å². The topological polar surface area (TPSA) is 11.2 Å². The van der Waals surface area contributed by atoms with E-state index in [0.717, 1.165) is 5.84 Å². The van der Waals surface area contributed by atoms with E-state index >= 15 is 0 Å². The fourth-order valence-corrected chi connectivity index (χ4v) is 5.93. The summed E-state index contributed by atoms with van der Waals surface area (Å²) in [6, 6.07) is 41.7. The summed E-state index contributed by atoms with van der Waals surface area (Å²) in [4.78, 5) is 2.42. The Morgan fingerprint density at radius 1 is 0.541 bits per heavy atom. The van der Waals surface area contributed by atoms with Gasteiger partial charge in [0.1, 0.15) is 16.9 Å². The summed E-state index contributed by atoms with van der Waals surface area (Å²) in [5.74, 6) is 1.14. The molecule has 2 heterocycles. The van der Waals surface area contributed by atoms with Crippen molar-refractivity contribution in [1.82, 2.24) is 4.57 Å². The molecule has 3 nitrogen and oxygen atoms in total. The fraction of sp³-hybridized carbons (Fsp3) is 0.0882. The first-order chi connectivity index (χ1) is 18.1. The highest BCUT2D eigenvalue weighted by molar-refractivity contribution is 6.14. The van der Waals surface area contributed by atoms with Gasteiger partial charge in [-0.1, -0.05) is 84.9 Å². The third-order valence-electron chi connectivity index (χ3n) is 7.78. The van der Waals surface area contributed by atoms with Crippen LogP contribution in [0.4, 0.5) is 17.1 Å². The zero-order valence-corrected chi connectivity index (χ0v) is 21.3. The first-order valence-electron chi connectivity index (χ1n) is 12.8. The normalized spacial score (nSPS) is 13.1. The lowest BCUT2D eigenvalue weighted by Crippen LogP contribution is -2.31. The molecular formula is C34H28N3+. The molecule has 0 aliphatic carbocycles. The van der Waals surface area contributed by atoms with E-state index < -0.39 is 0 Å². The molecule has 0 atom stereocenters. The Balaban J connectivity index is 1.73. The van der Waals surface area contributed by atoms with Crippen LogP contribution in [-0.2, 0) is 0 Å². The van der Waals surface area contributed by atoms with E-state index in [1.54, 1.807) is 0 Å². The average Bonchev–Trinajstić information content (AvgIpc) is 3.28. The molecule has 1 aromatic heterocycles. The number of aryl methyl sites for hydroxylation is 1. The summed E-state index contributed by atoms with van der Waals surface area (Å²) in [5.41, 5.74) is 10.8. The van der Waals surface area contributed by atoms with Crippen molar-refractivity contribution < 1.29 is 4.58 Å². The number of benzene rings is 5. The number of anilines is 2. The Morgan fingerprint density at radius 3 is 1.92 bits per heavy atom. The van der Waals surface area contributed by atoms with Crippen LogP contribution in [0.25, 0.3) is 38.6 Å². The van der Waals surface area contributed by atoms with Crippen molar-refractivity contribution in [2.24, 2.45) is 0 Å². The Labute approximate surface area is 217 Å². The first kappa shape index (κ1) is 21.6. The molecular weight excluding hydrogens is 450 g/mol. The third kappa shape index (κ3) is 3.10. The second kappa shape index (κ2) is 8.21. The maximum absolute atomic E-state index is 2.46. The predicted octanol–water partition coefficient (Wildman–Crippen LogP) is 8.60. The van der Waals surface area contributed by atoms with Gasteiger partial charge < -0.3 is 4.57 Å². The van der Waals surface area contributed by atoms with Crippen LogP contribution in [0.2, 0.25) is 0 Å². The summed E-state index contributed by atoms with van der Waals surface area (Å²) < 4.78 is 4.80. The molecule has 3 heteroatoms. The molecule has 5 aromatic carbocycles. The molecule has 178 valence electrons. The third-order valence-corrected chi connectivity index (χ3v) is 7.78. The smallest absolute Gasteiger partial charge is 0.259 e. The van der Waals surface area contributed by atoms with Crippen LogP contribution in [0.1, 0.15) is 12.5 Å². The minimum absolute atomic E-state index is 1.14. The van der Waals surface area contributed by atoms with Crippen molar-refractivity contribution in [3.8, 4) is 16.8 Å². The molecule has 37 heavy (non-hydrogen) atoms. The molecule has 1 aliphatic rings. The van der Waals surface area contributed by atoms with E-state index in [1.165, 1.54) is 61.2 Å². The van der Waals surface area contributed by atoms with E-state index in [1.807, 2.05) is 0 Å². The second-order valence-corrected chi connectivity index (χ2v) is 9.79. The van der Waals surface area contributed by atoms with E-state index in [2.05, 4.69) is 150 Å². The molecule has 0 saturated carbocycles. The van der Waals surface area contributed by atoms with E-state index in [9.17, 15) is 0 Å². The summed E-state index contributed by atoms with van der Waals surface area (Å²) in [6.45, 7) is 4.42. The Kier molecular flexibility index (Phi) is 4.80. The maximum atomic E-state index is 2.46. The van der Waals surface area contributed by atoms with Crippen LogP contribution in [-0.4, -0.2) is 22.0 Å². The van der Waals surface area contributed by atoms with Crippen LogP contribution in [0.3, 0.4) is 0 Å². The van der Waals surface area contributed by atoms with Crippen molar-refractivity contribution in [2.45, 2.75) is 13.8 Å². The molecule has 0 N–H and O–H groups in total. The molecule has 0 fully saturated rings. The number of nitrogens with zero attached hydrogens (tertiary/aromatic N) is 3. The van der Waals surface area contributed by atoms with Gasteiger partial charge >= 0.3 is 0 Å². The number of hydrogen-bond acceptors (Lipinski definition) is 1. The molecule has 0 saturated heterocycles. The Morgan fingerprint density at radius 2 is 1.14 bits per heavy atom. The van der Waals surface area contributed by atoms with Gasteiger partial charge in [-0.3, -0.25) is 0 Å². The number of fused-ring (bicyclic) bond motifs is 7. The average molecular weight is 479 g/mol. The molecule has 0 unspecified atom stereocenters. The molecule has 0 bridgehead atoms. The maximum Gasteiger partial charge on any atom is 0.259 e. The second-order valence-electron chi connectivity index (χ2n) is 9.79. The minimum Gasteiger partial charge on any atom is -0.305 e. The fourth-order valence-electron chi connectivity index (χ4n) is 5.93. The highest BCUT2D eigenvalue weighted by atomic mass is 15.2. The molecule has 0 spiro atoms. The lowest BCUT2D eigenvalue weighted by Gasteiger charge is -2.25. The van der Waals surface area contributed by atoms with Gasteiger partial charge in [-0.2, -0.15) is 4.90 Å². The number of amidine groups is 1. The van der Waals surface area contributed by atoms with Gasteiger partial charge in [0.2, 0.25) is 0 Å². The molecule has 0 amide bonds. The van der Waals surface area contributed by atoms with Crippen LogP contribution in [0.15, 0.2) is 115 Å². The van der Waals surface area contributed by atoms with Crippen molar-refractivity contribution in [1.29, 1.82) is 0 Å². The number of para-hydroxylation sites is 5. The Hall–Kier alpha value is -4.63. The predicted molar refractivity (Wildman–Crippen MR) is 156 cm³/mol. The monoisotopic (exact) mass is 478 g/mol. The molecule has 0 radical (unpaired) electrons. The standard InChI is InChI=1S/C34H28N3/c1-23-13-4-8-18-29(23)36-24(2)35(3)33-22-12-17-28-27-16-7-11-21-32(27)37(34(28)33)31-20-10-6-15-26(31)25-14-5-9-19-30(25)36/h4-22H,1-3H3/q+1. The highest BCUT2D eigenvalue weighted by Gasteiger charge is 2.31. The van der Waals surface area contributed by atoms with E-state index in [-0.39, 0.29) is 0 Å². The zero-order valence-electron chi connectivity index (χ0n) is 21.3. The van der Waals surface area contributed by atoms with Crippen LogP contribution in [0, 0.1) is 6.92 Å². The van der Waals surface area contributed by atoms with Crippen molar-refractivity contribution in [2.75, 3.05) is 11.9 Å². The van der Waals surface area contributed by atoms with Gasteiger partial charge in [0.15, 0.2) is 5.69 Å². The number of aromatic nitrogens is 1. The van der Waals surface area contributed by atoms with Crippen LogP contribution in [0.5, 0.6) is 0 Å². The van der Waals surface area contributed by atoms with Gasteiger partial charge in [0, 0.05) is 28.8 Å². The quantitative estimate of drug-likeness (QED) is 0.215. The van der Waals surface area contributed by atoms with Crippen molar-refractivity contribution in [3.63, 3.8) is 0 Å². The SMILES string of the molecule is CC1=[N+](C)c2cccc3c4ccccc4n(c23)-c2ccccc2-c2ccccc2N1c1ccccc1C. The summed E-state index contributed by atoms with van der Waals surface area (Å²) in [6.07, 6.45) is 0. The number of hydrogen-bond donors (Lipinski definition) is 0. The lowest BCUT2D eigenvalue weighted by atomic mass is 9.99. The van der Waals surface area contributed by atoms with Gasteiger partial charge in [-0.05, 0) is 42.8 Å². The number of rotatable bonds is 1. The van der Waals surface area contributed by atoms with Crippen molar-refractivity contribution in [3.05, 3.63) is 121 Å². The summed E-state index contributed by atoms with van der Waals surface area (Å²) in [7, 11) is 2.19. The Bertz CT molecular complexity index is 1870. The first-order valence-corrected chi connectivity index (χ1v) is 12.8. The summed E-state index contributed by atoms with van der Waals surface area (Å²) in [5, 5.41) is 2.53. The largest absolute Gasteiger partial charge is 0.305 e. The molecule has 7 rings (SSSR count). The zero-order chi connectivity index (χ0) is 25.1. The lowest BCUT2D eigenvalue weighted by molar-refractivity contribution is -0.404. The van der Waals surface area contributed by atoms with Gasteiger partial charge in [0.05, 0.1) is 18.3 Å². The minimum atomic E-state index is 1.14. The molecule has 6 aromatic rings. The summed E-state index contributed by atoms with van der Waals surface area (Å²) >= 11 is 0. The van der Waals surface area contributed by atoms with Gasteiger partial charge in [-0.15, -0.1) is 0 Å². The van der Waals surface area contributed by atoms with E-state index in [4.69, 9.17) is 0 Å². The highest BCUT2D eigenvalue weighted by Crippen LogP contribution is 2.44.